The summed E-state index contributed by atoms with van der Waals surface area (Å²) >= 11 is 0. The number of carbonyl (C=O) groups excluding carboxylic acids is 1. The van der Waals surface area contributed by atoms with E-state index >= 15 is 0 Å². The summed E-state index contributed by atoms with van der Waals surface area (Å²) < 4.78 is 0. The lowest BCUT2D eigenvalue weighted by atomic mass is 9.95. The molecule has 1 amide bonds. The Labute approximate surface area is 120 Å². The standard InChI is InChI=1S/C15H20N2O.ClH/c18-15(17-13-7-3-4-8-13)14-9-11-5-1-2-6-12(11)10-16-14;/h1-2,5-6,13-14,16H,3-4,7-10H2,(H,17,18);1H. The zero-order valence-corrected chi connectivity index (χ0v) is 11.8. The van der Waals surface area contributed by atoms with Gasteiger partial charge in [-0.1, -0.05) is 37.1 Å². The van der Waals surface area contributed by atoms with Crippen LogP contribution < -0.4 is 10.6 Å². The van der Waals surface area contributed by atoms with Gasteiger partial charge in [0.15, 0.2) is 0 Å². The highest BCUT2D eigenvalue weighted by Gasteiger charge is 2.26. The molecule has 0 radical (unpaired) electrons. The Hall–Kier alpha value is -1.06. The third kappa shape index (κ3) is 3.28. The average molecular weight is 281 g/mol. The van der Waals surface area contributed by atoms with Gasteiger partial charge in [0.05, 0.1) is 6.04 Å². The Bertz CT molecular complexity index is 444. The van der Waals surface area contributed by atoms with Crippen molar-refractivity contribution in [2.75, 3.05) is 0 Å². The van der Waals surface area contributed by atoms with Crippen molar-refractivity contribution in [1.82, 2.24) is 10.6 Å². The molecule has 1 fully saturated rings. The molecule has 1 heterocycles. The van der Waals surface area contributed by atoms with E-state index in [1.165, 1.54) is 24.0 Å². The molecule has 4 heteroatoms. The maximum absolute atomic E-state index is 12.2. The summed E-state index contributed by atoms with van der Waals surface area (Å²) in [6, 6.07) is 8.73. The largest absolute Gasteiger partial charge is 0.352 e. The highest BCUT2D eigenvalue weighted by atomic mass is 35.5. The van der Waals surface area contributed by atoms with Gasteiger partial charge in [0.25, 0.3) is 0 Å². The molecule has 2 aliphatic rings. The lowest BCUT2D eigenvalue weighted by Gasteiger charge is -2.26. The molecule has 19 heavy (non-hydrogen) atoms. The van der Waals surface area contributed by atoms with Crippen molar-refractivity contribution in [3.8, 4) is 0 Å². The lowest BCUT2D eigenvalue weighted by Crippen LogP contribution is -2.49. The van der Waals surface area contributed by atoms with Crippen LogP contribution in [-0.2, 0) is 17.8 Å². The maximum atomic E-state index is 12.2. The van der Waals surface area contributed by atoms with Crippen LogP contribution in [-0.4, -0.2) is 18.0 Å². The predicted molar refractivity (Wildman–Crippen MR) is 78.4 cm³/mol. The molecule has 0 aromatic heterocycles. The average Bonchev–Trinajstić information content (AvgIpc) is 2.91. The summed E-state index contributed by atoms with van der Waals surface area (Å²) in [5, 5.41) is 6.51. The van der Waals surface area contributed by atoms with Gasteiger partial charge in [0.1, 0.15) is 0 Å². The van der Waals surface area contributed by atoms with Gasteiger partial charge >= 0.3 is 0 Å². The minimum Gasteiger partial charge on any atom is -0.352 e. The van der Waals surface area contributed by atoms with E-state index in [0.29, 0.717) is 6.04 Å². The van der Waals surface area contributed by atoms with Crippen molar-refractivity contribution in [1.29, 1.82) is 0 Å². The molecule has 1 aromatic carbocycles. The van der Waals surface area contributed by atoms with Gasteiger partial charge in [-0.25, -0.2) is 0 Å². The molecule has 1 saturated carbocycles. The van der Waals surface area contributed by atoms with E-state index in [-0.39, 0.29) is 24.4 Å². The van der Waals surface area contributed by atoms with Gasteiger partial charge in [0, 0.05) is 12.6 Å². The van der Waals surface area contributed by atoms with Gasteiger partial charge in [-0.2, -0.15) is 0 Å². The van der Waals surface area contributed by atoms with Gasteiger partial charge in [-0.3, -0.25) is 4.79 Å². The number of nitrogens with one attached hydrogen (secondary N) is 2. The topological polar surface area (TPSA) is 41.1 Å². The quantitative estimate of drug-likeness (QED) is 0.872. The van der Waals surface area contributed by atoms with Gasteiger partial charge in [-0.15, -0.1) is 12.4 Å². The second-order valence-corrected chi connectivity index (χ2v) is 5.40. The third-order valence-electron chi connectivity index (χ3n) is 4.10. The third-order valence-corrected chi connectivity index (χ3v) is 4.10. The molecular formula is C15H21ClN2O. The summed E-state index contributed by atoms with van der Waals surface area (Å²) in [7, 11) is 0. The fourth-order valence-electron chi connectivity index (χ4n) is 3.01. The fourth-order valence-corrected chi connectivity index (χ4v) is 3.01. The van der Waals surface area contributed by atoms with Crippen LogP contribution in [0.5, 0.6) is 0 Å². The van der Waals surface area contributed by atoms with Crippen LogP contribution in [0, 0.1) is 0 Å². The van der Waals surface area contributed by atoms with Crippen LogP contribution in [0.1, 0.15) is 36.8 Å². The number of carbonyl (C=O) groups is 1. The van der Waals surface area contributed by atoms with E-state index < -0.39 is 0 Å². The van der Waals surface area contributed by atoms with Gasteiger partial charge < -0.3 is 10.6 Å². The van der Waals surface area contributed by atoms with Crippen molar-refractivity contribution < 1.29 is 4.79 Å². The van der Waals surface area contributed by atoms with E-state index in [1.54, 1.807) is 0 Å². The Morgan fingerprint density at radius 1 is 1.16 bits per heavy atom. The Kier molecular flexibility index (Phi) is 4.83. The van der Waals surface area contributed by atoms with Crippen LogP contribution in [0.15, 0.2) is 24.3 Å². The first kappa shape index (κ1) is 14.4. The van der Waals surface area contributed by atoms with Gasteiger partial charge in [0.2, 0.25) is 5.91 Å². The maximum Gasteiger partial charge on any atom is 0.237 e. The Balaban J connectivity index is 0.00000133. The number of hydrogen-bond acceptors (Lipinski definition) is 2. The highest BCUT2D eigenvalue weighted by Crippen LogP contribution is 2.19. The molecule has 3 nitrogen and oxygen atoms in total. The summed E-state index contributed by atoms with van der Waals surface area (Å²) in [6.07, 6.45) is 5.62. The van der Waals surface area contributed by atoms with E-state index in [2.05, 4.69) is 34.9 Å². The molecule has 1 atom stereocenters. The molecular weight excluding hydrogens is 260 g/mol. The minimum absolute atomic E-state index is 0. The van der Waals surface area contributed by atoms with Crippen molar-refractivity contribution in [2.45, 2.75) is 50.7 Å². The van der Waals surface area contributed by atoms with Crippen molar-refractivity contribution >= 4 is 18.3 Å². The zero-order valence-electron chi connectivity index (χ0n) is 11.0. The Morgan fingerprint density at radius 2 is 1.84 bits per heavy atom. The Morgan fingerprint density at radius 3 is 2.58 bits per heavy atom. The molecule has 104 valence electrons. The number of hydrogen-bond donors (Lipinski definition) is 2. The number of fused-ring (bicyclic) bond motifs is 1. The first-order chi connectivity index (χ1) is 8.83. The summed E-state index contributed by atoms with van der Waals surface area (Å²) in [5.41, 5.74) is 2.63. The smallest absolute Gasteiger partial charge is 0.237 e. The molecule has 1 aliphatic heterocycles. The second kappa shape index (κ2) is 6.40. The van der Waals surface area contributed by atoms with E-state index in [4.69, 9.17) is 0 Å². The first-order valence-corrected chi connectivity index (χ1v) is 6.93. The molecule has 3 rings (SSSR count). The van der Waals surface area contributed by atoms with Crippen molar-refractivity contribution in [3.63, 3.8) is 0 Å². The molecule has 1 aliphatic carbocycles. The molecule has 2 N–H and O–H groups in total. The predicted octanol–water partition coefficient (Wildman–Crippen LogP) is 2.18. The lowest BCUT2D eigenvalue weighted by molar-refractivity contribution is -0.124. The number of halogens is 1. The molecule has 1 unspecified atom stereocenters. The number of rotatable bonds is 2. The highest BCUT2D eigenvalue weighted by molar-refractivity contribution is 5.85. The van der Waals surface area contributed by atoms with Gasteiger partial charge in [-0.05, 0) is 30.4 Å². The van der Waals surface area contributed by atoms with Crippen molar-refractivity contribution in [2.24, 2.45) is 0 Å². The van der Waals surface area contributed by atoms with E-state index in [0.717, 1.165) is 25.8 Å². The van der Waals surface area contributed by atoms with Crippen LogP contribution >= 0.6 is 12.4 Å². The number of amides is 1. The van der Waals surface area contributed by atoms with E-state index in [1.807, 2.05) is 0 Å². The number of benzene rings is 1. The van der Waals surface area contributed by atoms with Crippen LogP contribution in [0.3, 0.4) is 0 Å². The van der Waals surface area contributed by atoms with Crippen molar-refractivity contribution in [3.05, 3.63) is 35.4 Å². The minimum atomic E-state index is -0.0551. The fraction of sp³-hybridized carbons (Fsp3) is 0.533. The zero-order chi connectivity index (χ0) is 12.4. The summed E-state index contributed by atoms with van der Waals surface area (Å²) in [5.74, 6) is 0.177. The van der Waals surface area contributed by atoms with Crippen LogP contribution in [0.25, 0.3) is 0 Å². The molecule has 0 spiro atoms. The monoisotopic (exact) mass is 280 g/mol. The van der Waals surface area contributed by atoms with Crippen LogP contribution in [0.2, 0.25) is 0 Å². The molecule has 1 aromatic rings. The summed E-state index contributed by atoms with van der Waals surface area (Å²) in [6.45, 7) is 0.804. The summed E-state index contributed by atoms with van der Waals surface area (Å²) in [4.78, 5) is 12.2. The normalized spacial score (nSPS) is 22.4. The SMILES string of the molecule is Cl.O=C(NC1CCCC1)C1Cc2ccccc2CN1. The second-order valence-electron chi connectivity index (χ2n) is 5.40. The van der Waals surface area contributed by atoms with Crippen LogP contribution in [0.4, 0.5) is 0 Å². The first-order valence-electron chi connectivity index (χ1n) is 6.93. The molecule has 0 bridgehead atoms. The molecule has 0 saturated heterocycles. The van der Waals surface area contributed by atoms with E-state index in [9.17, 15) is 4.79 Å².